The zero-order valence-corrected chi connectivity index (χ0v) is 12.6. The average molecular weight is 309 g/mol. The predicted octanol–water partition coefficient (Wildman–Crippen LogP) is 1.48. The van der Waals surface area contributed by atoms with E-state index in [0.717, 1.165) is 17.7 Å². The standard InChI is InChI=1S/C15H19NO4S/c17-14(16-6-7-20-9-15(18)19)10-21-13-5-4-11-2-1-3-12(11)8-13/h4-5,8H,1-3,6-7,9-10H2,(H,16,17)(H,18,19). The molecule has 1 aliphatic rings. The number of thioether (sulfide) groups is 1. The van der Waals surface area contributed by atoms with Crippen LogP contribution in [0.3, 0.4) is 0 Å². The molecule has 2 rings (SSSR count). The van der Waals surface area contributed by atoms with Gasteiger partial charge >= 0.3 is 5.97 Å². The van der Waals surface area contributed by atoms with E-state index in [-0.39, 0.29) is 19.1 Å². The Balaban J connectivity index is 1.63. The number of carboxylic acids is 1. The topological polar surface area (TPSA) is 75.6 Å². The zero-order valence-electron chi connectivity index (χ0n) is 11.8. The van der Waals surface area contributed by atoms with Gasteiger partial charge in [0.1, 0.15) is 6.61 Å². The Morgan fingerprint density at radius 3 is 2.90 bits per heavy atom. The van der Waals surface area contributed by atoms with Crippen molar-refractivity contribution >= 4 is 23.6 Å². The van der Waals surface area contributed by atoms with Crippen LogP contribution in [0.5, 0.6) is 0 Å². The third-order valence-corrected chi connectivity index (χ3v) is 4.23. The number of aliphatic carboxylic acids is 1. The fraction of sp³-hybridized carbons (Fsp3) is 0.467. The number of carbonyl (C=O) groups is 2. The van der Waals surface area contributed by atoms with Gasteiger partial charge in [-0.1, -0.05) is 6.07 Å². The van der Waals surface area contributed by atoms with Crippen molar-refractivity contribution in [1.82, 2.24) is 5.32 Å². The molecule has 1 aromatic carbocycles. The number of benzene rings is 1. The van der Waals surface area contributed by atoms with Gasteiger partial charge in [0.25, 0.3) is 0 Å². The lowest BCUT2D eigenvalue weighted by atomic mass is 10.1. The molecule has 0 aromatic heterocycles. The molecule has 0 fully saturated rings. The number of carboxylic acid groups (broad SMARTS) is 1. The zero-order chi connectivity index (χ0) is 15.1. The monoisotopic (exact) mass is 309 g/mol. The largest absolute Gasteiger partial charge is 0.480 e. The second kappa shape index (κ2) is 8.05. The molecule has 6 heteroatoms. The van der Waals surface area contributed by atoms with Crippen LogP contribution in [-0.4, -0.2) is 42.5 Å². The maximum absolute atomic E-state index is 11.6. The molecule has 0 unspecified atom stereocenters. The minimum absolute atomic E-state index is 0.0700. The molecule has 0 saturated heterocycles. The average Bonchev–Trinajstić information content (AvgIpc) is 2.92. The molecule has 0 heterocycles. The summed E-state index contributed by atoms with van der Waals surface area (Å²) in [6.07, 6.45) is 3.52. The van der Waals surface area contributed by atoms with Crippen molar-refractivity contribution in [1.29, 1.82) is 0 Å². The summed E-state index contributed by atoms with van der Waals surface area (Å²) >= 11 is 1.52. The van der Waals surface area contributed by atoms with E-state index in [1.165, 1.54) is 29.3 Å². The van der Waals surface area contributed by atoms with E-state index in [9.17, 15) is 9.59 Å². The molecule has 2 N–H and O–H groups in total. The van der Waals surface area contributed by atoms with Crippen LogP contribution in [-0.2, 0) is 27.2 Å². The first-order valence-electron chi connectivity index (χ1n) is 6.96. The molecular weight excluding hydrogens is 290 g/mol. The van der Waals surface area contributed by atoms with Crippen molar-refractivity contribution in [3.8, 4) is 0 Å². The van der Waals surface area contributed by atoms with E-state index in [2.05, 4.69) is 23.5 Å². The molecule has 0 bridgehead atoms. The number of hydrogen-bond donors (Lipinski definition) is 2. The van der Waals surface area contributed by atoms with Crippen molar-refractivity contribution in [2.75, 3.05) is 25.5 Å². The lowest BCUT2D eigenvalue weighted by molar-refractivity contribution is -0.142. The Morgan fingerprint density at radius 2 is 2.10 bits per heavy atom. The van der Waals surface area contributed by atoms with Gasteiger partial charge in [0, 0.05) is 11.4 Å². The summed E-state index contributed by atoms with van der Waals surface area (Å²) in [5.41, 5.74) is 2.84. The van der Waals surface area contributed by atoms with E-state index < -0.39 is 5.97 Å². The molecule has 5 nitrogen and oxygen atoms in total. The van der Waals surface area contributed by atoms with Crippen LogP contribution >= 0.6 is 11.8 Å². The van der Waals surface area contributed by atoms with Gasteiger partial charge in [-0.15, -0.1) is 11.8 Å². The second-order valence-corrected chi connectivity index (χ2v) is 5.92. The number of amides is 1. The normalized spacial score (nSPS) is 13.0. The first-order valence-corrected chi connectivity index (χ1v) is 7.94. The molecule has 1 aliphatic carbocycles. The van der Waals surface area contributed by atoms with Crippen LogP contribution in [0.1, 0.15) is 17.5 Å². The number of carbonyl (C=O) groups excluding carboxylic acids is 1. The van der Waals surface area contributed by atoms with Gasteiger partial charge in [-0.25, -0.2) is 4.79 Å². The highest BCUT2D eigenvalue weighted by Gasteiger charge is 2.11. The van der Waals surface area contributed by atoms with Gasteiger partial charge in [0.2, 0.25) is 5.91 Å². The van der Waals surface area contributed by atoms with Crippen molar-refractivity contribution in [2.24, 2.45) is 0 Å². The van der Waals surface area contributed by atoms with E-state index in [0.29, 0.717) is 12.3 Å². The van der Waals surface area contributed by atoms with Crippen LogP contribution in [0, 0.1) is 0 Å². The highest BCUT2D eigenvalue weighted by molar-refractivity contribution is 8.00. The third-order valence-electron chi connectivity index (χ3n) is 3.23. The molecule has 0 atom stereocenters. The summed E-state index contributed by atoms with van der Waals surface area (Å²) in [7, 11) is 0. The number of aryl methyl sites for hydroxylation is 2. The number of hydrogen-bond acceptors (Lipinski definition) is 4. The molecule has 21 heavy (non-hydrogen) atoms. The molecule has 0 spiro atoms. The van der Waals surface area contributed by atoms with Gasteiger partial charge in [-0.05, 0) is 42.5 Å². The summed E-state index contributed by atoms with van der Waals surface area (Å²) in [6.45, 7) is 0.207. The van der Waals surface area contributed by atoms with Gasteiger partial charge in [-0.3, -0.25) is 4.79 Å². The van der Waals surface area contributed by atoms with Crippen LogP contribution in [0.2, 0.25) is 0 Å². The lowest BCUT2D eigenvalue weighted by Crippen LogP contribution is -2.29. The van der Waals surface area contributed by atoms with E-state index >= 15 is 0 Å². The van der Waals surface area contributed by atoms with Gasteiger partial charge in [0.05, 0.1) is 12.4 Å². The van der Waals surface area contributed by atoms with E-state index in [1.54, 1.807) is 0 Å². The quantitative estimate of drug-likeness (QED) is 0.562. The van der Waals surface area contributed by atoms with E-state index in [4.69, 9.17) is 9.84 Å². The maximum Gasteiger partial charge on any atom is 0.329 e. The molecule has 1 aromatic rings. The third kappa shape index (κ3) is 5.40. The van der Waals surface area contributed by atoms with Crippen molar-refractivity contribution in [3.05, 3.63) is 29.3 Å². The number of fused-ring (bicyclic) bond motifs is 1. The first-order chi connectivity index (χ1) is 10.1. The van der Waals surface area contributed by atoms with Crippen LogP contribution in [0.4, 0.5) is 0 Å². The number of nitrogens with one attached hydrogen (secondary N) is 1. The SMILES string of the molecule is O=C(O)COCCNC(=O)CSc1ccc2c(c1)CCC2. The maximum atomic E-state index is 11.6. The Bertz CT molecular complexity index is 518. The van der Waals surface area contributed by atoms with Crippen molar-refractivity contribution < 1.29 is 19.4 Å². The van der Waals surface area contributed by atoms with Crippen molar-refractivity contribution in [2.45, 2.75) is 24.2 Å². The summed E-state index contributed by atoms with van der Waals surface area (Å²) in [6, 6.07) is 6.40. The summed E-state index contributed by atoms with van der Waals surface area (Å²) < 4.78 is 4.84. The molecule has 0 aliphatic heterocycles. The van der Waals surface area contributed by atoms with Crippen LogP contribution < -0.4 is 5.32 Å². The lowest BCUT2D eigenvalue weighted by Gasteiger charge is -2.06. The van der Waals surface area contributed by atoms with Gasteiger partial charge < -0.3 is 15.2 Å². The Kier molecular flexibility index (Phi) is 6.07. The number of rotatable bonds is 8. The Labute approximate surface area is 128 Å². The molecule has 0 radical (unpaired) electrons. The Hall–Kier alpha value is -1.53. The summed E-state index contributed by atoms with van der Waals surface area (Å²) in [5.74, 6) is -0.717. The highest BCUT2D eigenvalue weighted by atomic mass is 32.2. The molecule has 114 valence electrons. The highest BCUT2D eigenvalue weighted by Crippen LogP contribution is 2.27. The second-order valence-electron chi connectivity index (χ2n) is 4.87. The van der Waals surface area contributed by atoms with Crippen molar-refractivity contribution in [3.63, 3.8) is 0 Å². The smallest absolute Gasteiger partial charge is 0.329 e. The Morgan fingerprint density at radius 1 is 1.29 bits per heavy atom. The molecule has 0 saturated carbocycles. The molecule has 1 amide bonds. The predicted molar refractivity (Wildman–Crippen MR) is 80.7 cm³/mol. The van der Waals surface area contributed by atoms with Crippen LogP contribution in [0.15, 0.2) is 23.1 Å². The minimum Gasteiger partial charge on any atom is -0.480 e. The molecular formula is C15H19NO4S. The van der Waals surface area contributed by atoms with Gasteiger partial charge in [-0.2, -0.15) is 0 Å². The fourth-order valence-electron chi connectivity index (χ4n) is 2.26. The number of ether oxygens (including phenoxy) is 1. The summed E-state index contributed by atoms with van der Waals surface area (Å²) in [5, 5.41) is 11.1. The summed E-state index contributed by atoms with van der Waals surface area (Å²) in [4.78, 5) is 23.0. The van der Waals surface area contributed by atoms with Gasteiger partial charge in [0.15, 0.2) is 0 Å². The fourth-order valence-corrected chi connectivity index (χ4v) is 3.05. The van der Waals surface area contributed by atoms with E-state index in [1.807, 2.05) is 0 Å². The van der Waals surface area contributed by atoms with Crippen LogP contribution in [0.25, 0.3) is 0 Å². The first kappa shape index (κ1) is 15.9. The minimum atomic E-state index is -1.01.